The zero-order chi connectivity index (χ0) is 18.4. The lowest BCUT2D eigenvalue weighted by Gasteiger charge is -2.33. The predicted octanol–water partition coefficient (Wildman–Crippen LogP) is 2.41. The molecule has 1 aromatic heterocycles. The monoisotopic (exact) mass is 349 g/mol. The topological polar surface area (TPSA) is 91.5 Å². The predicted molar refractivity (Wildman–Crippen MR) is 94.1 cm³/mol. The molecule has 7 nitrogen and oxygen atoms in total. The fraction of sp³-hybridized carbons (Fsp3) is 0.611. The summed E-state index contributed by atoms with van der Waals surface area (Å²) in [5.74, 6) is -0.521. The summed E-state index contributed by atoms with van der Waals surface area (Å²) in [5, 5.41) is 2.77. The molecule has 0 bridgehead atoms. The molecule has 1 aliphatic heterocycles. The van der Waals surface area contributed by atoms with E-state index in [-0.39, 0.29) is 30.3 Å². The maximum absolute atomic E-state index is 12.6. The van der Waals surface area contributed by atoms with Crippen LogP contribution in [0.3, 0.4) is 0 Å². The zero-order valence-electron chi connectivity index (χ0n) is 15.1. The average molecular weight is 349 g/mol. The summed E-state index contributed by atoms with van der Waals surface area (Å²) in [5.41, 5.74) is 0.304. The Labute approximate surface area is 148 Å². The Morgan fingerprint density at radius 1 is 1.40 bits per heavy atom. The molecule has 0 radical (unpaired) electrons. The number of aromatic nitrogens is 1. The quantitative estimate of drug-likeness (QED) is 0.772. The van der Waals surface area contributed by atoms with Gasteiger partial charge in [-0.2, -0.15) is 0 Å². The lowest BCUT2D eigenvalue weighted by molar-refractivity contribution is -0.138. The van der Waals surface area contributed by atoms with Crippen LogP contribution in [0.15, 0.2) is 12.3 Å². The minimum atomic E-state index is -0.476. The molecule has 1 fully saturated rings. The lowest BCUT2D eigenvalue weighted by Crippen LogP contribution is -2.45. The second-order valence-corrected chi connectivity index (χ2v) is 6.41. The molecule has 25 heavy (non-hydrogen) atoms. The highest BCUT2D eigenvalue weighted by Crippen LogP contribution is 2.22. The lowest BCUT2D eigenvalue weighted by atomic mass is 9.95. The molecule has 2 rings (SSSR count). The van der Waals surface area contributed by atoms with Gasteiger partial charge in [0.05, 0.1) is 12.5 Å². The number of H-pyrrole nitrogens is 1. The van der Waals surface area contributed by atoms with Crippen molar-refractivity contribution in [1.82, 2.24) is 9.88 Å². The minimum absolute atomic E-state index is 0.0272. The van der Waals surface area contributed by atoms with Gasteiger partial charge in [0.1, 0.15) is 11.4 Å². The number of hydrogen-bond donors (Lipinski definition) is 2. The van der Waals surface area contributed by atoms with Gasteiger partial charge in [-0.3, -0.25) is 9.59 Å². The van der Waals surface area contributed by atoms with Gasteiger partial charge in [0.15, 0.2) is 0 Å². The standard InChI is InChI=1S/C18H27N3O4/c1-4-12(3)17(23)21-10-6-7-13(11-21)16(22)20-15-14(8-9-19-15)18(24)25-5-2/h8-9,12-13,19H,4-7,10-11H2,1-3H3,(H,20,22). The van der Waals surface area contributed by atoms with Crippen molar-refractivity contribution in [2.75, 3.05) is 25.0 Å². The van der Waals surface area contributed by atoms with Crippen molar-refractivity contribution in [3.63, 3.8) is 0 Å². The summed E-state index contributed by atoms with van der Waals surface area (Å²) in [7, 11) is 0. The number of amides is 2. The Balaban J connectivity index is 2.00. The van der Waals surface area contributed by atoms with Crippen LogP contribution in [0.2, 0.25) is 0 Å². The van der Waals surface area contributed by atoms with Crippen molar-refractivity contribution < 1.29 is 19.1 Å². The van der Waals surface area contributed by atoms with Gasteiger partial charge in [0.2, 0.25) is 11.8 Å². The molecule has 138 valence electrons. The van der Waals surface area contributed by atoms with Gasteiger partial charge in [-0.25, -0.2) is 4.79 Å². The van der Waals surface area contributed by atoms with Crippen LogP contribution in [0, 0.1) is 11.8 Å². The van der Waals surface area contributed by atoms with Crippen LogP contribution >= 0.6 is 0 Å². The fourth-order valence-corrected chi connectivity index (χ4v) is 2.95. The van der Waals surface area contributed by atoms with Gasteiger partial charge in [-0.05, 0) is 32.3 Å². The SMILES string of the molecule is CCOC(=O)c1cc[nH]c1NC(=O)C1CCCN(C(=O)C(C)CC)C1. The van der Waals surface area contributed by atoms with E-state index >= 15 is 0 Å². The molecular formula is C18H27N3O4. The minimum Gasteiger partial charge on any atom is -0.462 e. The molecule has 2 atom stereocenters. The highest BCUT2D eigenvalue weighted by atomic mass is 16.5. The molecule has 2 unspecified atom stereocenters. The molecule has 2 heterocycles. The second-order valence-electron chi connectivity index (χ2n) is 6.41. The third kappa shape index (κ3) is 4.61. The summed E-state index contributed by atoms with van der Waals surface area (Å²) in [6, 6.07) is 1.58. The molecule has 1 aliphatic rings. The van der Waals surface area contributed by atoms with Crippen LogP contribution in [-0.2, 0) is 14.3 Å². The first-order valence-corrected chi connectivity index (χ1v) is 8.92. The van der Waals surface area contributed by atoms with Crippen molar-refractivity contribution in [2.45, 2.75) is 40.0 Å². The number of nitrogens with zero attached hydrogens (tertiary/aromatic N) is 1. The van der Waals surface area contributed by atoms with Crippen LogP contribution in [-0.4, -0.2) is 47.4 Å². The number of ether oxygens (including phenoxy) is 1. The van der Waals surface area contributed by atoms with Crippen molar-refractivity contribution in [1.29, 1.82) is 0 Å². The molecule has 2 amide bonds. The Bertz CT molecular complexity index is 626. The van der Waals surface area contributed by atoms with Gasteiger partial charge in [-0.1, -0.05) is 13.8 Å². The third-order valence-electron chi connectivity index (χ3n) is 4.63. The van der Waals surface area contributed by atoms with Crippen LogP contribution in [0.4, 0.5) is 5.82 Å². The Hall–Kier alpha value is -2.31. The van der Waals surface area contributed by atoms with Gasteiger partial charge in [0, 0.05) is 25.2 Å². The number of nitrogens with one attached hydrogen (secondary N) is 2. The highest BCUT2D eigenvalue weighted by Gasteiger charge is 2.30. The average Bonchev–Trinajstić information content (AvgIpc) is 3.08. The number of esters is 1. The number of rotatable bonds is 6. The smallest absolute Gasteiger partial charge is 0.341 e. The van der Waals surface area contributed by atoms with E-state index < -0.39 is 5.97 Å². The van der Waals surface area contributed by atoms with E-state index in [1.54, 1.807) is 24.1 Å². The highest BCUT2D eigenvalue weighted by molar-refractivity contribution is 6.01. The van der Waals surface area contributed by atoms with E-state index in [2.05, 4.69) is 10.3 Å². The summed E-state index contributed by atoms with van der Waals surface area (Å²) >= 11 is 0. The van der Waals surface area contributed by atoms with Crippen molar-refractivity contribution >= 4 is 23.6 Å². The van der Waals surface area contributed by atoms with Crippen LogP contribution in [0.25, 0.3) is 0 Å². The molecule has 0 spiro atoms. The number of carbonyl (C=O) groups is 3. The van der Waals surface area contributed by atoms with Crippen molar-refractivity contribution in [2.24, 2.45) is 11.8 Å². The fourth-order valence-electron chi connectivity index (χ4n) is 2.95. The van der Waals surface area contributed by atoms with Gasteiger partial charge < -0.3 is 19.9 Å². The largest absolute Gasteiger partial charge is 0.462 e. The first kappa shape index (κ1) is 19.0. The number of carbonyl (C=O) groups excluding carboxylic acids is 3. The second kappa shape index (κ2) is 8.69. The number of hydrogen-bond acceptors (Lipinski definition) is 4. The number of aromatic amines is 1. The van der Waals surface area contributed by atoms with Crippen LogP contribution < -0.4 is 5.32 Å². The van der Waals surface area contributed by atoms with Crippen molar-refractivity contribution in [3.05, 3.63) is 17.8 Å². The van der Waals surface area contributed by atoms with Crippen LogP contribution in [0.5, 0.6) is 0 Å². The summed E-state index contributed by atoms with van der Waals surface area (Å²) < 4.78 is 4.98. The Morgan fingerprint density at radius 2 is 2.16 bits per heavy atom. The van der Waals surface area contributed by atoms with Gasteiger partial charge in [0.25, 0.3) is 0 Å². The normalized spacial score (nSPS) is 18.5. The number of likely N-dealkylation sites (tertiary alicyclic amines) is 1. The molecule has 7 heteroatoms. The van der Waals surface area contributed by atoms with Crippen LogP contribution in [0.1, 0.15) is 50.4 Å². The first-order chi connectivity index (χ1) is 12.0. The van der Waals surface area contributed by atoms with E-state index in [4.69, 9.17) is 4.74 Å². The van der Waals surface area contributed by atoms with Gasteiger partial charge in [-0.15, -0.1) is 0 Å². The Morgan fingerprint density at radius 3 is 2.84 bits per heavy atom. The molecule has 0 saturated carbocycles. The number of anilines is 1. The van der Waals surface area contributed by atoms with Crippen molar-refractivity contribution in [3.8, 4) is 0 Å². The van der Waals surface area contributed by atoms with E-state index in [1.807, 2.05) is 13.8 Å². The maximum Gasteiger partial charge on any atom is 0.341 e. The molecule has 0 aliphatic carbocycles. The molecular weight excluding hydrogens is 322 g/mol. The molecule has 0 aromatic carbocycles. The summed E-state index contributed by atoms with van der Waals surface area (Å²) in [4.78, 5) is 41.5. The molecule has 1 saturated heterocycles. The number of piperidine rings is 1. The van der Waals surface area contributed by atoms with Gasteiger partial charge >= 0.3 is 5.97 Å². The molecule has 2 N–H and O–H groups in total. The Kier molecular flexibility index (Phi) is 6.61. The van der Waals surface area contributed by atoms with E-state index in [9.17, 15) is 14.4 Å². The first-order valence-electron chi connectivity index (χ1n) is 8.92. The summed E-state index contributed by atoms with van der Waals surface area (Å²) in [6.07, 6.45) is 3.90. The van der Waals surface area contributed by atoms with E-state index in [1.165, 1.54) is 0 Å². The maximum atomic E-state index is 12.6. The zero-order valence-corrected chi connectivity index (χ0v) is 15.1. The van der Waals surface area contributed by atoms with E-state index in [0.29, 0.717) is 24.5 Å². The third-order valence-corrected chi connectivity index (χ3v) is 4.63. The molecule has 1 aromatic rings. The van der Waals surface area contributed by atoms with E-state index in [0.717, 1.165) is 19.3 Å². The summed E-state index contributed by atoms with van der Waals surface area (Å²) in [6.45, 7) is 7.02.